The minimum atomic E-state index is -4.21. The van der Waals surface area contributed by atoms with Crippen LogP contribution in [-0.2, 0) is 3.07 Å². The normalized spacial score (nSPS) is 11.0. The fraction of sp³-hybridized carbons (Fsp3) is 0. The summed E-state index contributed by atoms with van der Waals surface area (Å²) in [7, 11) is 0. The van der Waals surface area contributed by atoms with Crippen molar-refractivity contribution in [2.45, 2.75) is 0 Å². The topological polar surface area (TPSA) is 69.4 Å². The molecule has 0 aliphatic heterocycles. The van der Waals surface area contributed by atoms with Gasteiger partial charge in [0.2, 0.25) is 0 Å². The first kappa shape index (κ1) is 20.8. The summed E-state index contributed by atoms with van der Waals surface area (Å²) in [5.41, 5.74) is 0.218. The van der Waals surface area contributed by atoms with Gasteiger partial charge in [0.25, 0.3) is 0 Å². The number of nitrogens with zero attached hydrogens (tertiary/aromatic N) is 1. The summed E-state index contributed by atoms with van der Waals surface area (Å²) in [4.78, 5) is 23.8. The van der Waals surface area contributed by atoms with Gasteiger partial charge in [0.05, 0.1) is 0 Å². The SMILES string of the molecule is O=C([O][Sn]([c]1ccccc1)([c]1ccccc1)[c]1ccccc1)c1ccc([N+](=O)[O-])cc1. The van der Waals surface area contributed by atoms with E-state index in [0.717, 1.165) is 10.7 Å². The Hall–Kier alpha value is -3.45. The predicted molar refractivity (Wildman–Crippen MR) is 122 cm³/mol. The molecule has 0 aliphatic rings. The summed E-state index contributed by atoms with van der Waals surface area (Å²) in [6.07, 6.45) is 0. The Balaban J connectivity index is 1.88. The van der Waals surface area contributed by atoms with Gasteiger partial charge in [-0.3, -0.25) is 0 Å². The Bertz CT molecular complexity index is 1080. The van der Waals surface area contributed by atoms with Crippen molar-refractivity contribution in [2.24, 2.45) is 0 Å². The molecule has 0 bridgehead atoms. The van der Waals surface area contributed by atoms with Crippen molar-refractivity contribution in [3.8, 4) is 0 Å². The van der Waals surface area contributed by atoms with Gasteiger partial charge in [-0.05, 0) is 0 Å². The van der Waals surface area contributed by atoms with E-state index >= 15 is 0 Å². The number of benzene rings is 4. The van der Waals surface area contributed by atoms with Gasteiger partial charge in [-0.25, -0.2) is 0 Å². The van der Waals surface area contributed by atoms with Crippen LogP contribution in [0.1, 0.15) is 10.4 Å². The molecule has 0 unspecified atom stereocenters. The number of carbonyl (C=O) groups excluding carboxylic acids is 1. The van der Waals surface area contributed by atoms with E-state index in [-0.39, 0.29) is 11.3 Å². The average molecular weight is 516 g/mol. The minimum absolute atomic E-state index is 0.0690. The molecule has 0 heterocycles. The van der Waals surface area contributed by atoms with E-state index in [1.807, 2.05) is 91.0 Å². The molecule has 0 radical (unpaired) electrons. The number of nitro benzene ring substituents is 1. The molecule has 0 amide bonds. The second-order valence-corrected chi connectivity index (χ2v) is 16.4. The second-order valence-electron chi connectivity index (χ2n) is 6.97. The molecule has 4 aromatic rings. The van der Waals surface area contributed by atoms with Crippen LogP contribution >= 0.6 is 0 Å². The Labute approximate surface area is 184 Å². The van der Waals surface area contributed by atoms with E-state index in [1.165, 1.54) is 24.3 Å². The quantitative estimate of drug-likeness (QED) is 0.224. The maximum atomic E-state index is 13.3. The van der Waals surface area contributed by atoms with Crippen molar-refractivity contribution < 1.29 is 12.8 Å². The molecule has 5 nitrogen and oxygen atoms in total. The number of hydrogen-bond donors (Lipinski definition) is 0. The molecule has 4 rings (SSSR count). The average Bonchev–Trinajstić information content (AvgIpc) is 2.84. The monoisotopic (exact) mass is 517 g/mol. The van der Waals surface area contributed by atoms with Crippen molar-refractivity contribution in [1.82, 2.24) is 0 Å². The van der Waals surface area contributed by atoms with E-state index in [1.54, 1.807) is 0 Å². The predicted octanol–water partition coefficient (Wildman–Crippen LogP) is 3.42. The van der Waals surface area contributed by atoms with Gasteiger partial charge < -0.3 is 0 Å². The second kappa shape index (κ2) is 9.14. The zero-order chi connectivity index (χ0) is 21.7. The van der Waals surface area contributed by atoms with Crippen molar-refractivity contribution in [2.75, 3.05) is 0 Å². The molecule has 0 aliphatic carbocycles. The number of carbonyl (C=O) groups is 1. The fourth-order valence-corrected chi connectivity index (χ4v) is 14.3. The van der Waals surface area contributed by atoms with Crippen LogP contribution in [0.5, 0.6) is 0 Å². The van der Waals surface area contributed by atoms with Gasteiger partial charge >= 0.3 is 185 Å². The van der Waals surface area contributed by atoms with Crippen molar-refractivity contribution in [1.29, 1.82) is 0 Å². The maximum absolute atomic E-state index is 13.3. The van der Waals surface area contributed by atoms with Crippen LogP contribution in [0, 0.1) is 10.1 Å². The van der Waals surface area contributed by atoms with E-state index in [9.17, 15) is 14.9 Å². The van der Waals surface area contributed by atoms with Crippen LogP contribution in [0.4, 0.5) is 5.69 Å². The zero-order valence-electron chi connectivity index (χ0n) is 16.5. The third kappa shape index (κ3) is 4.22. The third-order valence-corrected chi connectivity index (χ3v) is 16.3. The van der Waals surface area contributed by atoms with Gasteiger partial charge in [0.15, 0.2) is 0 Å². The number of hydrogen-bond acceptors (Lipinski definition) is 4. The first-order valence-corrected chi connectivity index (χ1v) is 15.2. The van der Waals surface area contributed by atoms with Crippen LogP contribution < -0.4 is 10.7 Å². The Morgan fingerprint density at radius 1 is 0.645 bits per heavy atom. The first-order chi connectivity index (χ1) is 15.1. The van der Waals surface area contributed by atoms with Gasteiger partial charge in [-0.2, -0.15) is 0 Å². The molecule has 31 heavy (non-hydrogen) atoms. The van der Waals surface area contributed by atoms with Crippen LogP contribution in [0.15, 0.2) is 115 Å². The summed E-state index contributed by atoms with van der Waals surface area (Å²) in [5, 5.41) is 11.0. The molecule has 152 valence electrons. The molecule has 0 atom stereocenters. The summed E-state index contributed by atoms with van der Waals surface area (Å²) in [6, 6.07) is 35.1. The number of rotatable bonds is 6. The van der Waals surface area contributed by atoms with Gasteiger partial charge in [0, 0.05) is 0 Å². The molecule has 4 aromatic carbocycles. The molecular formula is C25H19NO4Sn. The standard InChI is InChI=1S/C7H5NO4.3C6H5.Sn/c9-7(10)5-1-3-6(4-2-5)8(11)12;3*1-2-4-6-5-3-1;/h1-4H,(H,9,10);3*1-5H;/q;;;;+1/p-1. The Kier molecular flexibility index (Phi) is 6.13. The molecule has 6 heteroatoms. The van der Waals surface area contributed by atoms with Crippen molar-refractivity contribution in [3.63, 3.8) is 0 Å². The van der Waals surface area contributed by atoms with Crippen LogP contribution in [0.3, 0.4) is 0 Å². The zero-order valence-corrected chi connectivity index (χ0v) is 19.4. The third-order valence-electron chi connectivity index (χ3n) is 5.10. The number of nitro groups is 1. The Morgan fingerprint density at radius 2 is 1.03 bits per heavy atom. The Morgan fingerprint density at radius 3 is 1.39 bits per heavy atom. The van der Waals surface area contributed by atoms with Crippen molar-refractivity contribution >= 4 is 41.2 Å². The molecule has 0 spiro atoms. The molecule has 0 N–H and O–H groups in total. The molecular weight excluding hydrogens is 497 g/mol. The van der Waals surface area contributed by atoms with Crippen LogP contribution in [-0.4, -0.2) is 29.7 Å². The fourth-order valence-electron chi connectivity index (χ4n) is 3.61. The molecule has 0 fully saturated rings. The molecule has 0 aromatic heterocycles. The molecule has 0 saturated carbocycles. The summed E-state index contributed by atoms with van der Waals surface area (Å²) in [5.74, 6) is -0.484. The first-order valence-electron chi connectivity index (χ1n) is 9.75. The van der Waals surface area contributed by atoms with Gasteiger partial charge in [-0.15, -0.1) is 0 Å². The van der Waals surface area contributed by atoms with E-state index < -0.39 is 29.7 Å². The molecule has 0 saturated heterocycles. The van der Waals surface area contributed by atoms with E-state index in [0.29, 0.717) is 0 Å². The van der Waals surface area contributed by atoms with Gasteiger partial charge in [-0.1, -0.05) is 0 Å². The summed E-state index contributed by atoms with van der Waals surface area (Å²) in [6.45, 7) is 0. The van der Waals surface area contributed by atoms with Crippen LogP contribution in [0.2, 0.25) is 0 Å². The summed E-state index contributed by atoms with van der Waals surface area (Å²) >= 11 is -4.21. The van der Waals surface area contributed by atoms with E-state index in [4.69, 9.17) is 3.07 Å². The number of non-ortho nitro benzene ring substituents is 1. The van der Waals surface area contributed by atoms with Crippen molar-refractivity contribution in [3.05, 3.63) is 131 Å². The van der Waals surface area contributed by atoms with Gasteiger partial charge in [0.1, 0.15) is 0 Å². The van der Waals surface area contributed by atoms with Crippen LogP contribution in [0.25, 0.3) is 0 Å². The van der Waals surface area contributed by atoms with E-state index in [2.05, 4.69) is 0 Å². The summed E-state index contributed by atoms with van der Waals surface area (Å²) < 4.78 is 9.50.